The molecule has 3 heteroatoms. The van der Waals surface area contributed by atoms with Crippen molar-refractivity contribution in [3.63, 3.8) is 0 Å². The van der Waals surface area contributed by atoms with E-state index in [9.17, 15) is 5.11 Å². The van der Waals surface area contributed by atoms with Crippen molar-refractivity contribution in [3.8, 4) is 11.5 Å². The van der Waals surface area contributed by atoms with Crippen LogP contribution in [0.2, 0.25) is 0 Å². The maximum atomic E-state index is 9.54. The molecule has 0 amide bonds. The highest BCUT2D eigenvalue weighted by molar-refractivity contribution is 5.46. The van der Waals surface area contributed by atoms with Gasteiger partial charge in [-0.15, -0.1) is 0 Å². The van der Waals surface area contributed by atoms with Crippen LogP contribution in [-0.2, 0) is 4.74 Å². The molecule has 0 saturated carbocycles. The first-order valence-electron chi connectivity index (χ1n) is 5.76. The molecule has 0 spiro atoms. The fraction of sp³-hybridized carbons (Fsp3) is 0.538. The molecule has 0 aromatic heterocycles. The average Bonchev–Trinajstić information content (AvgIpc) is 2.31. The summed E-state index contributed by atoms with van der Waals surface area (Å²) in [7, 11) is 0. The number of hydrogen-bond acceptors (Lipinski definition) is 3. The predicted molar refractivity (Wildman–Crippen MR) is 61.8 cm³/mol. The molecule has 3 nitrogen and oxygen atoms in total. The van der Waals surface area contributed by atoms with Crippen LogP contribution in [0.15, 0.2) is 12.1 Å². The minimum absolute atomic E-state index is 0.128. The molecular formula is C13H18O3. The van der Waals surface area contributed by atoms with E-state index in [1.54, 1.807) is 12.1 Å². The van der Waals surface area contributed by atoms with Crippen molar-refractivity contribution >= 4 is 0 Å². The minimum atomic E-state index is -0.128. The summed E-state index contributed by atoms with van der Waals surface area (Å²) >= 11 is 0. The van der Waals surface area contributed by atoms with Crippen LogP contribution < -0.4 is 4.74 Å². The summed E-state index contributed by atoms with van der Waals surface area (Å²) < 4.78 is 11.3. The van der Waals surface area contributed by atoms with Crippen LogP contribution in [0.1, 0.15) is 30.4 Å². The van der Waals surface area contributed by atoms with Crippen LogP contribution in [0, 0.1) is 13.8 Å². The van der Waals surface area contributed by atoms with Gasteiger partial charge in [-0.1, -0.05) is 0 Å². The second kappa shape index (κ2) is 4.74. The zero-order chi connectivity index (χ0) is 11.5. The lowest BCUT2D eigenvalue weighted by molar-refractivity contribution is -0.106. The molecule has 0 radical (unpaired) electrons. The predicted octanol–water partition coefficient (Wildman–Crippen LogP) is 2.91. The van der Waals surface area contributed by atoms with Gasteiger partial charge in [0.1, 0.15) is 11.5 Å². The number of aromatic hydroxyl groups is 1. The van der Waals surface area contributed by atoms with Gasteiger partial charge in [-0.3, -0.25) is 0 Å². The Morgan fingerprint density at radius 3 is 2.75 bits per heavy atom. The van der Waals surface area contributed by atoms with Gasteiger partial charge in [-0.25, -0.2) is 0 Å². The third-order valence-corrected chi connectivity index (χ3v) is 3.11. The highest BCUT2D eigenvalue weighted by Gasteiger charge is 2.17. The first-order chi connectivity index (χ1) is 7.68. The second-order valence-corrected chi connectivity index (χ2v) is 4.25. The number of hydrogen-bond donors (Lipinski definition) is 1. The van der Waals surface area contributed by atoms with E-state index < -0.39 is 0 Å². The maximum absolute atomic E-state index is 9.54. The molecule has 0 aliphatic carbocycles. The van der Waals surface area contributed by atoms with E-state index >= 15 is 0 Å². The lowest BCUT2D eigenvalue weighted by atomic mass is 10.1. The van der Waals surface area contributed by atoms with Crippen LogP contribution >= 0.6 is 0 Å². The van der Waals surface area contributed by atoms with Gasteiger partial charge in [0.25, 0.3) is 0 Å². The summed E-state index contributed by atoms with van der Waals surface area (Å²) in [5.41, 5.74) is 1.85. The standard InChI is InChI=1S/C13H18O3/c1-9-10(2)12(7-6-11(9)14)16-13-5-3-4-8-15-13/h6-7,13-14H,3-5,8H2,1-2H3. The van der Waals surface area contributed by atoms with E-state index in [-0.39, 0.29) is 6.29 Å². The van der Waals surface area contributed by atoms with Crippen molar-refractivity contribution in [1.29, 1.82) is 0 Å². The van der Waals surface area contributed by atoms with Gasteiger partial charge in [0.05, 0.1) is 6.61 Å². The molecular weight excluding hydrogens is 204 g/mol. The Balaban J connectivity index is 2.11. The van der Waals surface area contributed by atoms with Crippen molar-refractivity contribution < 1.29 is 14.6 Å². The third kappa shape index (κ3) is 2.30. The monoisotopic (exact) mass is 222 g/mol. The van der Waals surface area contributed by atoms with Gasteiger partial charge in [0.2, 0.25) is 0 Å². The molecule has 88 valence electrons. The fourth-order valence-electron chi connectivity index (χ4n) is 1.85. The first-order valence-corrected chi connectivity index (χ1v) is 5.76. The quantitative estimate of drug-likeness (QED) is 0.836. The smallest absolute Gasteiger partial charge is 0.199 e. The van der Waals surface area contributed by atoms with Crippen LogP contribution in [0.5, 0.6) is 11.5 Å². The lowest BCUT2D eigenvalue weighted by Crippen LogP contribution is -2.25. The van der Waals surface area contributed by atoms with Crippen molar-refractivity contribution in [3.05, 3.63) is 23.3 Å². The van der Waals surface area contributed by atoms with E-state index in [4.69, 9.17) is 9.47 Å². The summed E-state index contributed by atoms with van der Waals surface area (Å²) in [5, 5.41) is 9.54. The Labute approximate surface area is 96.0 Å². The van der Waals surface area contributed by atoms with E-state index in [0.29, 0.717) is 5.75 Å². The van der Waals surface area contributed by atoms with Gasteiger partial charge in [-0.05, 0) is 49.9 Å². The molecule has 1 aromatic carbocycles. The number of phenolic OH excluding ortho intramolecular Hbond substituents is 1. The normalized spacial score (nSPS) is 20.8. The fourth-order valence-corrected chi connectivity index (χ4v) is 1.85. The molecule has 1 aliphatic rings. The van der Waals surface area contributed by atoms with E-state index in [1.165, 1.54) is 0 Å². The first kappa shape index (κ1) is 11.3. The van der Waals surface area contributed by atoms with E-state index in [1.807, 2.05) is 13.8 Å². The second-order valence-electron chi connectivity index (χ2n) is 4.25. The average molecular weight is 222 g/mol. The Hall–Kier alpha value is -1.22. The van der Waals surface area contributed by atoms with Crippen LogP contribution in [-0.4, -0.2) is 18.0 Å². The summed E-state index contributed by atoms with van der Waals surface area (Å²) in [4.78, 5) is 0. The van der Waals surface area contributed by atoms with Gasteiger partial charge >= 0.3 is 0 Å². The topological polar surface area (TPSA) is 38.7 Å². The summed E-state index contributed by atoms with van der Waals surface area (Å²) in [6.45, 7) is 4.62. The molecule has 1 fully saturated rings. The van der Waals surface area contributed by atoms with E-state index in [2.05, 4.69) is 0 Å². The zero-order valence-electron chi connectivity index (χ0n) is 9.82. The highest BCUT2D eigenvalue weighted by atomic mass is 16.7. The minimum Gasteiger partial charge on any atom is -0.508 e. The molecule has 1 aromatic rings. The molecule has 1 heterocycles. The number of rotatable bonds is 2. The van der Waals surface area contributed by atoms with Crippen LogP contribution in [0.25, 0.3) is 0 Å². The van der Waals surface area contributed by atoms with Gasteiger partial charge in [0, 0.05) is 6.42 Å². The molecule has 1 unspecified atom stereocenters. The lowest BCUT2D eigenvalue weighted by Gasteiger charge is -2.24. The Morgan fingerprint density at radius 2 is 2.06 bits per heavy atom. The molecule has 16 heavy (non-hydrogen) atoms. The summed E-state index contributed by atoms with van der Waals surface area (Å²) in [5.74, 6) is 1.12. The largest absolute Gasteiger partial charge is 0.508 e. The van der Waals surface area contributed by atoms with E-state index in [0.717, 1.165) is 42.7 Å². The molecule has 1 aliphatic heterocycles. The number of phenols is 1. The molecule has 2 rings (SSSR count). The summed E-state index contributed by atoms with van der Waals surface area (Å²) in [6, 6.07) is 3.47. The van der Waals surface area contributed by atoms with Crippen molar-refractivity contribution in [2.24, 2.45) is 0 Å². The molecule has 1 saturated heterocycles. The van der Waals surface area contributed by atoms with Crippen LogP contribution in [0.4, 0.5) is 0 Å². The third-order valence-electron chi connectivity index (χ3n) is 3.11. The SMILES string of the molecule is Cc1c(O)ccc(OC2CCCCO2)c1C. The molecule has 0 bridgehead atoms. The maximum Gasteiger partial charge on any atom is 0.199 e. The van der Waals surface area contributed by atoms with Crippen molar-refractivity contribution in [2.45, 2.75) is 39.4 Å². The van der Waals surface area contributed by atoms with Crippen LogP contribution in [0.3, 0.4) is 0 Å². The van der Waals surface area contributed by atoms with Gasteiger partial charge < -0.3 is 14.6 Å². The number of benzene rings is 1. The number of ether oxygens (including phenoxy) is 2. The Kier molecular flexibility index (Phi) is 3.34. The molecule has 1 atom stereocenters. The highest BCUT2D eigenvalue weighted by Crippen LogP contribution is 2.29. The van der Waals surface area contributed by atoms with Crippen molar-refractivity contribution in [1.82, 2.24) is 0 Å². The zero-order valence-corrected chi connectivity index (χ0v) is 9.82. The summed E-state index contributed by atoms with van der Waals surface area (Å²) in [6.07, 6.45) is 3.09. The molecule has 1 N–H and O–H groups in total. The Bertz CT molecular complexity index is 368. The van der Waals surface area contributed by atoms with Crippen molar-refractivity contribution in [2.75, 3.05) is 6.61 Å². The van der Waals surface area contributed by atoms with Gasteiger partial charge in [-0.2, -0.15) is 0 Å². The van der Waals surface area contributed by atoms with Gasteiger partial charge in [0.15, 0.2) is 6.29 Å². The Morgan fingerprint density at radius 1 is 1.25 bits per heavy atom.